The highest BCUT2D eigenvalue weighted by atomic mass is 16.6. The van der Waals surface area contributed by atoms with Crippen molar-refractivity contribution in [2.45, 2.75) is 13.8 Å². The largest absolute Gasteiger partial charge is 0.497 e. The second-order valence-electron chi connectivity index (χ2n) is 7.46. The van der Waals surface area contributed by atoms with E-state index in [1.54, 1.807) is 55.5 Å². The summed E-state index contributed by atoms with van der Waals surface area (Å²) in [5.74, 6) is 0.497. The van der Waals surface area contributed by atoms with Crippen LogP contribution in [0.25, 0.3) is 6.08 Å². The Bertz CT molecular complexity index is 1280. The normalized spacial score (nSPS) is 14.2. The first-order valence-electron chi connectivity index (χ1n) is 10.8. The van der Waals surface area contributed by atoms with Crippen molar-refractivity contribution in [1.29, 1.82) is 0 Å². The number of anilines is 1. The number of esters is 1. The molecule has 0 atom stereocenters. The third-order valence-electron chi connectivity index (χ3n) is 5.15. The van der Waals surface area contributed by atoms with E-state index in [0.717, 1.165) is 5.56 Å². The summed E-state index contributed by atoms with van der Waals surface area (Å²) < 4.78 is 16.5. The first-order valence-corrected chi connectivity index (χ1v) is 10.8. The average Bonchev–Trinajstić information content (AvgIpc) is 3.14. The van der Waals surface area contributed by atoms with E-state index in [-0.39, 0.29) is 11.7 Å². The van der Waals surface area contributed by atoms with Gasteiger partial charge in [0.25, 0.3) is 5.91 Å². The molecule has 0 unspecified atom stereocenters. The number of hydrogen-bond donors (Lipinski definition) is 0. The van der Waals surface area contributed by atoms with E-state index in [1.165, 1.54) is 12.1 Å². The Labute approximate surface area is 197 Å². The number of nitrogens with zero attached hydrogens (tertiary/aromatic N) is 2. The molecular formula is C27H24N2O5. The molecule has 1 amide bonds. The van der Waals surface area contributed by atoms with Crippen molar-refractivity contribution < 1.29 is 23.8 Å². The fourth-order valence-corrected chi connectivity index (χ4v) is 3.47. The van der Waals surface area contributed by atoms with Crippen LogP contribution in [-0.2, 0) is 4.79 Å². The highest BCUT2D eigenvalue weighted by molar-refractivity contribution is 6.32. The highest BCUT2D eigenvalue weighted by Crippen LogP contribution is 2.32. The maximum Gasteiger partial charge on any atom is 0.343 e. The molecule has 0 aliphatic carbocycles. The molecule has 1 aliphatic rings. The lowest BCUT2D eigenvalue weighted by atomic mass is 10.1. The summed E-state index contributed by atoms with van der Waals surface area (Å²) >= 11 is 0. The Balaban J connectivity index is 1.59. The summed E-state index contributed by atoms with van der Waals surface area (Å²) in [5, 5.41) is 5.79. The highest BCUT2D eigenvalue weighted by Gasteiger charge is 2.28. The number of amides is 1. The van der Waals surface area contributed by atoms with Gasteiger partial charge in [-0.1, -0.05) is 30.3 Å². The number of hydrazone groups is 1. The molecule has 0 N–H and O–H groups in total. The second kappa shape index (κ2) is 10.0. The van der Waals surface area contributed by atoms with Crippen molar-refractivity contribution in [2.75, 3.05) is 18.7 Å². The van der Waals surface area contributed by atoms with Crippen molar-refractivity contribution in [3.8, 4) is 17.2 Å². The van der Waals surface area contributed by atoms with Gasteiger partial charge in [0, 0.05) is 0 Å². The van der Waals surface area contributed by atoms with Crippen LogP contribution in [0, 0.1) is 0 Å². The monoisotopic (exact) mass is 456 g/mol. The number of ether oxygens (including phenoxy) is 3. The number of methoxy groups -OCH3 is 1. The maximum absolute atomic E-state index is 13.0. The van der Waals surface area contributed by atoms with Crippen LogP contribution in [0.5, 0.6) is 17.2 Å². The second-order valence-corrected chi connectivity index (χ2v) is 7.46. The van der Waals surface area contributed by atoms with Crippen molar-refractivity contribution in [3.63, 3.8) is 0 Å². The SMILES string of the molecule is CCOc1cc(C=C2C(=O)N(c3ccccc3)N=C2C)ccc1OC(=O)c1cccc(OC)c1. The van der Waals surface area contributed by atoms with Gasteiger partial charge >= 0.3 is 5.97 Å². The molecule has 1 aliphatic heterocycles. The Morgan fingerprint density at radius 3 is 2.53 bits per heavy atom. The van der Waals surface area contributed by atoms with Gasteiger partial charge in [-0.3, -0.25) is 4.79 Å². The van der Waals surface area contributed by atoms with Crippen LogP contribution in [0.3, 0.4) is 0 Å². The number of hydrogen-bond acceptors (Lipinski definition) is 6. The molecule has 4 rings (SSSR count). The van der Waals surface area contributed by atoms with Gasteiger partial charge in [0.15, 0.2) is 11.5 Å². The molecule has 172 valence electrons. The van der Waals surface area contributed by atoms with Crippen LogP contribution in [0.4, 0.5) is 5.69 Å². The Kier molecular flexibility index (Phi) is 6.73. The summed E-state index contributed by atoms with van der Waals surface area (Å²) in [6.45, 7) is 4.01. The van der Waals surface area contributed by atoms with E-state index < -0.39 is 5.97 Å². The lowest BCUT2D eigenvalue weighted by Crippen LogP contribution is -2.21. The van der Waals surface area contributed by atoms with Crippen molar-refractivity contribution in [3.05, 3.63) is 89.5 Å². The molecule has 0 fully saturated rings. The number of para-hydroxylation sites is 1. The number of carbonyl (C=O) groups is 2. The molecule has 3 aromatic carbocycles. The molecular weight excluding hydrogens is 432 g/mol. The van der Waals surface area contributed by atoms with E-state index >= 15 is 0 Å². The first kappa shape index (κ1) is 22.8. The zero-order chi connectivity index (χ0) is 24.1. The summed E-state index contributed by atoms with van der Waals surface area (Å²) in [4.78, 5) is 25.6. The standard InChI is InChI=1S/C27H24N2O5/c1-4-33-25-16-19(13-14-24(25)34-27(31)20-9-8-12-22(17-20)32-3)15-23-18(2)28-29(26(23)30)21-10-6-5-7-11-21/h5-17H,4H2,1-3H3. The van der Waals surface area contributed by atoms with Crippen LogP contribution >= 0.6 is 0 Å². The fourth-order valence-electron chi connectivity index (χ4n) is 3.47. The van der Waals surface area contributed by atoms with Crippen molar-refractivity contribution in [2.24, 2.45) is 5.10 Å². The Morgan fingerprint density at radius 2 is 1.79 bits per heavy atom. The van der Waals surface area contributed by atoms with Gasteiger partial charge in [0.05, 0.1) is 36.3 Å². The number of rotatable bonds is 7. The van der Waals surface area contributed by atoms with E-state index in [0.29, 0.717) is 40.6 Å². The minimum atomic E-state index is -0.529. The van der Waals surface area contributed by atoms with Gasteiger partial charge in [0.2, 0.25) is 0 Å². The summed E-state index contributed by atoms with van der Waals surface area (Å²) in [6.07, 6.45) is 1.75. The molecule has 0 bridgehead atoms. The molecule has 0 radical (unpaired) electrons. The quantitative estimate of drug-likeness (QED) is 0.280. The minimum Gasteiger partial charge on any atom is -0.497 e. The summed E-state index contributed by atoms with van der Waals surface area (Å²) in [5.41, 5.74) is 2.87. The molecule has 34 heavy (non-hydrogen) atoms. The zero-order valence-electron chi connectivity index (χ0n) is 19.1. The number of benzene rings is 3. The minimum absolute atomic E-state index is 0.213. The number of carbonyl (C=O) groups excluding carboxylic acids is 2. The molecule has 1 heterocycles. The smallest absolute Gasteiger partial charge is 0.343 e. The Hall–Kier alpha value is -4.39. The van der Waals surface area contributed by atoms with Gasteiger partial charge in [0.1, 0.15) is 5.75 Å². The van der Waals surface area contributed by atoms with Crippen LogP contribution in [0.1, 0.15) is 29.8 Å². The molecule has 3 aromatic rings. The maximum atomic E-state index is 13.0. The summed E-state index contributed by atoms with van der Waals surface area (Å²) in [7, 11) is 1.53. The predicted molar refractivity (Wildman–Crippen MR) is 131 cm³/mol. The van der Waals surface area contributed by atoms with Crippen molar-refractivity contribution in [1.82, 2.24) is 0 Å². The van der Waals surface area contributed by atoms with Crippen molar-refractivity contribution >= 4 is 29.4 Å². The molecule has 7 nitrogen and oxygen atoms in total. The van der Waals surface area contributed by atoms with E-state index in [2.05, 4.69) is 5.10 Å². The van der Waals surface area contributed by atoms with Crippen LogP contribution in [0.15, 0.2) is 83.5 Å². The lowest BCUT2D eigenvalue weighted by Gasteiger charge is -2.12. The van der Waals surface area contributed by atoms with E-state index in [1.807, 2.05) is 37.3 Å². The van der Waals surface area contributed by atoms with Gasteiger partial charge in [-0.25, -0.2) is 4.79 Å². The molecule has 0 saturated carbocycles. The van der Waals surface area contributed by atoms with Crippen LogP contribution in [-0.4, -0.2) is 31.3 Å². The predicted octanol–water partition coefficient (Wildman–Crippen LogP) is 5.12. The molecule has 7 heteroatoms. The fraction of sp³-hybridized carbons (Fsp3) is 0.148. The van der Waals surface area contributed by atoms with Crippen LogP contribution in [0.2, 0.25) is 0 Å². The molecule has 0 spiro atoms. The lowest BCUT2D eigenvalue weighted by molar-refractivity contribution is -0.114. The summed E-state index contributed by atoms with van der Waals surface area (Å²) in [6, 6.07) is 21.1. The molecule has 0 saturated heterocycles. The molecule has 0 aromatic heterocycles. The zero-order valence-corrected chi connectivity index (χ0v) is 19.1. The van der Waals surface area contributed by atoms with Gasteiger partial charge < -0.3 is 14.2 Å². The van der Waals surface area contributed by atoms with Gasteiger partial charge in [-0.05, 0) is 68.0 Å². The van der Waals surface area contributed by atoms with Crippen LogP contribution < -0.4 is 19.2 Å². The van der Waals surface area contributed by atoms with E-state index in [9.17, 15) is 9.59 Å². The first-order chi connectivity index (χ1) is 16.5. The topological polar surface area (TPSA) is 77.4 Å². The average molecular weight is 456 g/mol. The Morgan fingerprint density at radius 1 is 1.00 bits per heavy atom. The van der Waals surface area contributed by atoms with Gasteiger partial charge in [-0.2, -0.15) is 10.1 Å². The third-order valence-corrected chi connectivity index (χ3v) is 5.15. The third kappa shape index (κ3) is 4.83. The van der Waals surface area contributed by atoms with Gasteiger partial charge in [-0.15, -0.1) is 0 Å². The van der Waals surface area contributed by atoms with E-state index in [4.69, 9.17) is 14.2 Å².